The van der Waals surface area contributed by atoms with Crippen LogP contribution in [0.2, 0.25) is 0 Å². The van der Waals surface area contributed by atoms with E-state index in [9.17, 15) is 14.7 Å². The highest BCUT2D eigenvalue weighted by Gasteiger charge is 2.43. The van der Waals surface area contributed by atoms with Crippen LogP contribution in [0, 0.1) is 0 Å². The molecule has 1 N–H and O–H groups in total. The Morgan fingerprint density at radius 2 is 1.36 bits per heavy atom. The predicted molar refractivity (Wildman–Crippen MR) is 202 cm³/mol. The minimum Gasteiger partial charge on any atom is -0.507 e. The van der Waals surface area contributed by atoms with Crippen LogP contribution in [0.4, 0.5) is 0 Å². The van der Waals surface area contributed by atoms with Crippen molar-refractivity contribution in [3.63, 3.8) is 0 Å². The second kappa shape index (κ2) is 12.5. The lowest BCUT2D eigenvalue weighted by Gasteiger charge is -2.28. The molecule has 5 heteroatoms. The lowest BCUT2D eigenvalue weighted by atomic mass is 9.78. The van der Waals surface area contributed by atoms with Crippen LogP contribution >= 0.6 is 0 Å². The first-order valence-electron chi connectivity index (χ1n) is 17.4. The van der Waals surface area contributed by atoms with E-state index < -0.39 is 5.92 Å². The number of carbonyl (C=O) groups excluding carboxylic acids is 2. The number of hydrogen-bond acceptors (Lipinski definition) is 5. The topological polar surface area (TPSA) is 76.5 Å². The number of ketones is 2. The Bertz CT molecular complexity index is 2250. The normalized spacial score (nSPS) is 14.8. The summed E-state index contributed by atoms with van der Waals surface area (Å²) in [5, 5.41) is 13.9. The Morgan fingerprint density at radius 1 is 0.700 bits per heavy atom. The number of nitrogens with zero attached hydrogens (tertiary/aromatic N) is 1. The quantitative estimate of drug-likeness (QED) is 0.136. The number of phenolic OH excluding ortho intramolecular Hbond substituents is 1. The van der Waals surface area contributed by atoms with Crippen LogP contribution in [0.5, 0.6) is 11.5 Å². The summed E-state index contributed by atoms with van der Waals surface area (Å²) in [6.07, 6.45) is 1.55. The van der Waals surface area contributed by atoms with E-state index in [0.29, 0.717) is 40.4 Å². The van der Waals surface area contributed by atoms with Gasteiger partial charge in [0.1, 0.15) is 22.9 Å². The number of fused-ring (bicyclic) bond motifs is 3. The molecule has 5 nitrogen and oxygen atoms in total. The van der Waals surface area contributed by atoms with Crippen LogP contribution in [0.1, 0.15) is 97.0 Å². The second-order valence-corrected chi connectivity index (χ2v) is 15.5. The average Bonchev–Trinajstić information content (AvgIpc) is 3.33. The van der Waals surface area contributed by atoms with Gasteiger partial charge >= 0.3 is 0 Å². The van der Waals surface area contributed by atoms with Gasteiger partial charge < -0.3 is 9.84 Å². The van der Waals surface area contributed by atoms with Crippen LogP contribution in [-0.2, 0) is 17.3 Å². The van der Waals surface area contributed by atoms with Crippen molar-refractivity contribution in [2.45, 2.75) is 71.1 Å². The molecule has 0 saturated carbocycles. The zero-order valence-electron chi connectivity index (χ0n) is 29.6. The monoisotopic (exact) mass is 661 g/mol. The van der Waals surface area contributed by atoms with Crippen molar-refractivity contribution in [3.05, 3.63) is 137 Å². The minimum absolute atomic E-state index is 0.192. The summed E-state index contributed by atoms with van der Waals surface area (Å²) in [6.45, 7) is 13.2. The molecule has 252 valence electrons. The molecular weight excluding hydrogens is 618 g/mol. The smallest absolute Gasteiger partial charge is 0.181 e. The molecule has 0 bridgehead atoms. The number of phenols is 1. The standard InChI is InChI=1S/C45H43NO4/c1-44(2,3)33-24-27(25-34(42(33)48)45(4,5)6)14-13-23-50-36-20-12-18-29-21-22-35(46-40(29)36)39-41(47)32-26-30-17-10-11-19-31(30)37(38(32)43(39)49)28-15-8-7-9-16-28/h7-12,15-22,24-26,39,48H,13-14,23H2,1-6H3. The fourth-order valence-electron chi connectivity index (χ4n) is 7.24. The first kappa shape index (κ1) is 33.2. The maximum Gasteiger partial charge on any atom is 0.181 e. The molecule has 0 amide bonds. The van der Waals surface area contributed by atoms with Gasteiger partial charge in [-0.1, -0.05) is 126 Å². The number of ether oxygens (including phenoxy) is 1. The molecule has 50 heavy (non-hydrogen) atoms. The molecule has 1 unspecified atom stereocenters. The number of aromatic nitrogens is 1. The number of aryl methyl sites for hydroxylation is 1. The summed E-state index contributed by atoms with van der Waals surface area (Å²) in [7, 11) is 0. The van der Waals surface area contributed by atoms with Crippen LogP contribution in [0.25, 0.3) is 32.8 Å². The van der Waals surface area contributed by atoms with Crippen LogP contribution in [0.3, 0.4) is 0 Å². The summed E-state index contributed by atoms with van der Waals surface area (Å²) in [4.78, 5) is 33.3. The molecule has 1 atom stereocenters. The molecule has 0 saturated heterocycles. The Morgan fingerprint density at radius 3 is 2.06 bits per heavy atom. The average molecular weight is 662 g/mol. The summed E-state index contributed by atoms with van der Waals surface area (Å²) in [5.41, 5.74) is 6.36. The van der Waals surface area contributed by atoms with Crippen molar-refractivity contribution in [3.8, 4) is 22.6 Å². The molecular formula is C45H43NO4. The Hall–Kier alpha value is -5.29. The van der Waals surface area contributed by atoms with Gasteiger partial charge in [-0.15, -0.1) is 0 Å². The lowest BCUT2D eigenvalue weighted by Crippen LogP contribution is -2.18. The number of carbonyl (C=O) groups is 2. The van der Waals surface area contributed by atoms with Crippen LogP contribution < -0.4 is 4.74 Å². The molecule has 0 aliphatic heterocycles. The van der Waals surface area contributed by atoms with Crippen molar-refractivity contribution >= 4 is 33.2 Å². The number of rotatable bonds is 7. The molecule has 6 aromatic rings. The number of aromatic hydroxyl groups is 1. The number of Topliss-reactive ketones (excluding diaryl/α,β-unsaturated/α-hetero) is 2. The van der Waals surface area contributed by atoms with E-state index in [1.54, 1.807) is 6.07 Å². The first-order chi connectivity index (χ1) is 23.8. The summed E-state index contributed by atoms with van der Waals surface area (Å²) in [6, 6.07) is 33.3. The molecule has 5 aromatic carbocycles. The van der Waals surface area contributed by atoms with Gasteiger partial charge in [-0.3, -0.25) is 9.59 Å². The van der Waals surface area contributed by atoms with Gasteiger partial charge in [0.2, 0.25) is 0 Å². The maximum atomic E-state index is 14.3. The summed E-state index contributed by atoms with van der Waals surface area (Å²) >= 11 is 0. The second-order valence-electron chi connectivity index (χ2n) is 15.5. The highest BCUT2D eigenvalue weighted by atomic mass is 16.5. The van der Waals surface area contributed by atoms with Crippen molar-refractivity contribution in [1.29, 1.82) is 0 Å². The molecule has 1 heterocycles. The number of hydrogen-bond donors (Lipinski definition) is 1. The van der Waals surface area contributed by atoms with Crippen molar-refractivity contribution in [2.24, 2.45) is 0 Å². The van der Waals surface area contributed by atoms with E-state index in [0.717, 1.165) is 51.3 Å². The van der Waals surface area contributed by atoms with Gasteiger partial charge in [-0.2, -0.15) is 0 Å². The third-order valence-corrected chi connectivity index (χ3v) is 9.80. The van der Waals surface area contributed by atoms with E-state index in [1.807, 2.05) is 84.9 Å². The highest BCUT2D eigenvalue weighted by Crippen LogP contribution is 2.44. The fourth-order valence-corrected chi connectivity index (χ4v) is 7.24. The third-order valence-electron chi connectivity index (χ3n) is 9.80. The highest BCUT2D eigenvalue weighted by molar-refractivity contribution is 6.33. The van der Waals surface area contributed by atoms with Gasteiger partial charge in [0.15, 0.2) is 11.6 Å². The Kier molecular flexibility index (Phi) is 8.34. The first-order valence-corrected chi connectivity index (χ1v) is 17.4. The van der Waals surface area contributed by atoms with Gasteiger partial charge in [0.05, 0.1) is 12.3 Å². The zero-order valence-corrected chi connectivity index (χ0v) is 29.6. The van der Waals surface area contributed by atoms with Gasteiger partial charge in [0, 0.05) is 22.1 Å². The fraction of sp³-hybridized carbons (Fsp3) is 0.267. The third kappa shape index (κ3) is 5.95. The summed E-state index contributed by atoms with van der Waals surface area (Å²) in [5.74, 6) is -0.471. The van der Waals surface area contributed by atoms with Crippen molar-refractivity contribution in [1.82, 2.24) is 4.98 Å². The van der Waals surface area contributed by atoms with Gasteiger partial charge in [0.25, 0.3) is 0 Å². The maximum absolute atomic E-state index is 14.3. The number of benzene rings is 5. The molecule has 1 aliphatic carbocycles. The molecule has 7 rings (SSSR count). The molecule has 0 radical (unpaired) electrons. The number of para-hydroxylation sites is 1. The van der Waals surface area contributed by atoms with E-state index >= 15 is 0 Å². The van der Waals surface area contributed by atoms with E-state index in [2.05, 4.69) is 53.7 Å². The molecule has 0 spiro atoms. The lowest BCUT2D eigenvalue weighted by molar-refractivity contribution is 0.0888. The Balaban J connectivity index is 1.17. The molecule has 1 aliphatic rings. The van der Waals surface area contributed by atoms with Crippen LogP contribution in [-0.4, -0.2) is 28.3 Å². The molecule has 0 fully saturated rings. The Labute approximate surface area is 294 Å². The van der Waals surface area contributed by atoms with Crippen molar-refractivity contribution < 1.29 is 19.4 Å². The predicted octanol–water partition coefficient (Wildman–Crippen LogP) is 10.5. The van der Waals surface area contributed by atoms with Gasteiger partial charge in [-0.05, 0) is 74.9 Å². The van der Waals surface area contributed by atoms with Crippen molar-refractivity contribution in [2.75, 3.05) is 6.61 Å². The van der Waals surface area contributed by atoms with Crippen LogP contribution in [0.15, 0.2) is 103 Å². The summed E-state index contributed by atoms with van der Waals surface area (Å²) < 4.78 is 6.34. The SMILES string of the molecule is CC(C)(C)c1cc(CCCOc2cccc3ccc(C4C(=O)c5cc6ccccc6c(-c6ccccc6)c5C4=O)nc23)cc(C(C)(C)C)c1O. The number of pyridine rings is 1. The molecule has 1 aromatic heterocycles. The zero-order chi connectivity index (χ0) is 35.4. The van der Waals surface area contributed by atoms with E-state index in [-0.39, 0.29) is 22.4 Å². The minimum atomic E-state index is -1.02. The largest absolute Gasteiger partial charge is 0.507 e. The van der Waals surface area contributed by atoms with Gasteiger partial charge in [-0.25, -0.2) is 4.98 Å². The van der Waals surface area contributed by atoms with E-state index in [4.69, 9.17) is 9.72 Å². The van der Waals surface area contributed by atoms with E-state index in [1.165, 1.54) is 5.56 Å².